The van der Waals surface area contributed by atoms with Crippen LogP contribution < -0.4 is 10.2 Å². The van der Waals surface area contributed by atoms with Gasteiger partial charge in [0, 0.05) is 12.1 Å². The van der Waals surface area contributed by atoms with Crippen LogP contribution in [0.15, 0.2) is 52.0 Å². The zero-order chi connectivity index (χ0) is 19.8. The third-order valence-electron chi connectivity index (χ3n) is 3.22. The molecule has 0 radical (unpaired) electrons. The van der Waals surface area contributed by atoms with Gasteiger partial charge in [-0.1, -0.05) is 12.1 Å². The summed E-state index contributed by atoms with van der Waals surface area (Å²) >= 11 is 3.15. The lowest BCUT2D eigenvalue weighted by molar-refractivity contribution is -0.384. The highest BCUT2D eigenvalue weighted by Crippen LogP contribution is 2.28. The van der Waals surface area contributed by atoms with Crippen molar-refractivity contribution < 1.29 is 24.0 Å². The zero-order valence-corrected chi connectivity index (χ0v) is 15.6. The number of nitrogens with one attached hydrogen (secondary N) is 1. The van der Waals surface area contributed by atoms with Gasteiger partial charge in [-0.15, -0.1) is 0 Å². The van der Waals surface area contributed by atoms with E-state index in [1.807, 2.05) is 0 Å². The van der Waals surface area contributed by atoms with Gasteiger partial charge in [0.05, 0.1) is 28.3 Å². The Bertz CT molecular complexity index is 883. The molecule has 0 aliphatic heterocycles. The van der Waals surface area contributed by atoms with Crippen molar-refractivity contribution in [3.63, 3.8) is 0 Å². The van der Waals surface area contributed by atoms with E-state index in [1.165, 1.54) is 31.5 Å². The van der Waals surface area contributed by atoms with Gasteiger partial charge in [0.2, 0.25) is 0 Å². The van der Waals surface area contributed by atoms with Crippen molar-refractivity contribution in [2.75, 3.05) is 13.7 Å². The van der Waals surface area contributed by atoms with E-state index in [-0.39, 0.29) is 18.0 Å². The highest BCUT2D eigenvalue weighted by Gasteiger charge is 2.11. The molecule has 27 heavy (non-hydrogen) atoms. The second-order valence-corrected chi connectivity index (χ2v) is 5.92. The Labute approximate surface area is 162 Å². The number of hydrogen-bond donors (Lipinski definition) is 1. The molecular formula is C17H14BrN3O6. The topological polar surface area (TPSA) is 120 Å². The summed E-state index contributed by atoms with van der Waals surface area (Å²) in [5.41, 5.74) is 3.27. The minimum atomic E-state index is -0.534. The van der Waals surface area contributed by atoms with Crippen molar-refractivity contribution >= 4 is 39.7 Å². The molecule has 0 unspecified atom stereocenters. The van der Waals surface area contributed by atoms with Gasteiger partial charge in [0.15, 0.2) is 6.61 Å². The van der Waals surface area contributed by atoms with Crippen molar-refractivity contribution in [3.8, 4) is 5.75 Å². The van der Waals surface area contributed by atoms with Crippen LogP contribution in [0, 0.1) is 10.1 Å². The molecule has 0 heterocycles. The lowest BCUT2D eigenvalue weighted by Crippen LogP contribution is -2.24. The Kier molecular flexibility index (Phi) is 7.00. The fourth-order valence-electron chi connectivity index (χ4n) is 1.90. The standard InChI is InChI=1S/C17H14BrN3O6/c1-26-17(23)12-4-2-11(3-5-12)9-19-20-16(22)10-27-15-7-6-13(21(24)25)8-14(15)18/h2-9H,10H2,1H3,(H,20,22)/b19-9+. The number of esters is 1. The van der Waals surface area contributed by atoms with E-state index in [0.29, 0.717) is 15.6 Å². The fraction of sp³-hybridized carbons (Fsp3) is 0.118. The predicted octanol–water partition coefficient (Wildman–Crippen LogP) is 2.67. The molecule has 140 valence electrons. The Hall–Kier alpha value is -3.27. The molecule has 0 aliphatic rings. The molecule has 0 bridgehead atoms. The maximum Gasteiger partial charge on any atom is 0.337 e. The van der Waals surface area contributed by atoms with Crippen molar-refractivity contribution in [2.24, 2.45) is 5.10 Å². The van der Waals surface area contributed by atoms with Crippen molar-refractivity contribution in [2.45, 2.75) is 0 Å². The quantitative estimate of drug-likeness (QED) is 0.309. The van der Waals surface area contributed by atoms with E-state index in [1.54, 1.807) is 24.3 Å². The SMILES string of the molecule is COC(=O)c1ccc(/C=N/NC(=O)COc2ccc([N+](=O)[O-])cc2Br)cc1. The lowest BCUT2D eigenvalue weighted by Gasteiger charge is -2.06. The molecule has 0 atom stereocenters. The number of hydrogen-bond acceptors (Lipinski definition) is 7. The van der Waals surface area contributed by atoms with Gasteiger partial charge in [-0.2, -0.15) is 5.10 Å². The number of non-ortho nitro benzene ring substituents is 1. The van der Waals surface area contributed by atoms with Crippen LogP contribution in [-0.4, -0.2) is 36.7 Å². The Morgan fingerprint density at radius 1 is 1.26 bits per heavy atom. The van der Waals surface area contributed by atoms with Crippen LogP contribution in [0.5, 0.6) is 5.75 Å². The molecule has 9 nitrogen and oxygen atoms in total. The number of ether oxygens (including phenoxy) is 2. The third-order valence-corrected chi connectivity index (χ3v) is 3.84. The number of halogens is 1. The average molecular weight is 436 g/mol. The van der Waals surface area contributed by atoms with Crippen LogP contribution in [0.25, 0.3) is 0 Å². The Morgan fingerprint density at radius 2 is 1.96 bits per heavy atom. The van der Waals surface area contributed by atoms with Crippen LogP contribution in [0.2, 0.25) is 0 Å². The van der Waals surface area contributed by atoms with E-state index in [9.17, 15) is 19.7 Å². The monoisotopic (exact) mass is 435 g/mol. The number of benzene rings is 2. The predicted molar refractivity (Wildman–Crippen MR) is 99.8 cm³/mol. The number of carbonyl (C=O) groups is 2. The third kappa shape index (κ3) is 5.89. The number of amides is 1. The second-order valence-electron chi connectivity index (χ2n) is 5.07. The molecule has 0 aromatic heterocycles. The number of nitrogens with zero attached hydrogens (tertiary/aromatic N) is 2. The number of nitro benzene ring substituents is 1. The number of methoxy groups -OCH3 is 1. The summed E-state index contributed by atoms with van der Waals surface area (Å²) in [4.78, 5) is 33.2. The van der Waals surface area contributed by atoms with Gasteiger partial charge in [-0.05, 0) is 39.7 Å². The summed E-state index contributed by atoms with van der Waals surface area (Å²) in [6.45, 7) is -0.324. The van der Waals surface area contributed by atoms with Gasteiger partial charge >= 0.3 is 5.97 Å². The molecule has 0 saturated heterocycles. The molecule has 0 fully saturated rings. The highest BCUT2D eigenvalue weighted by molar-refractivity contribution is 9.10. The van der Waals surface area contributed by atoms with Crippen molar-refractivity contribution in [1.82, 2.24) is 5.43 Å². The summed E-state index contributed by atoms with van der Waals surface area (Å²) < 4.78 is 10.2. The number of carbonyl (C=O) groups excluding carboxylic acids is 2. The highest BCUT2D eigenvalue weighted by atomic mass is 79.9. The van der Waals surface area contributed by atoms with E-state index >= 15 is 0 Å². The fourth-order valence-corrected chi connectivity index (χ4v) is 2.38. The zero-order valence-electron chi connectivity index (χ0n) is 14.0. The van der Waals surface area contributed by atoms with E-state index in [2.05, 4.69) is 31.2 Å². The van der Waals surface area contributed by atoms with Gasteiger partial charge in [0.1, 0.15) is 5.75 Å². The van der Waals surface area contributed by atoms with Gasteiger partial charge < -0.3 is 9.47 Å². The summed E-state index contributed by atoms with van der Waals surface area (Å²) in [6, 6.07) is 10.4. The second kappa shape index (κ2) is 9.43. The lowest BCUT2D eigenvalue weighted by atomic mass is 10.1. The maximum atomic E-state index is 11.7. The molecule has 1 amide bonds. The molecule has 0 spiro atoms. The number of rotatable bonds is 7. The first-order chi connectivity index (χ1) is 12.9. The van der Waals surface area contributed by atoms with Crippen molar-refractivity contribution in [1.29, 1.82) is 0 Å². The summed E-state index contributed by atoms with van der Waals surface area (Å²) in [5, 5.41) is 14.5. The smallest absolute Gasteiger partial charge is 0.337 e. The summed E-state index contributed by atoms with van der Waals surface area (Å²) in [7, 11) is 1.30. The van der Waals surface area contributed by atoms with Crippen LogP contribution in [0.3, 0.4) is 0 Å². The first kappa shape index (κ1) is 20.0. The molecule has 10 heteroatoms. The molecule has 0 saturated carbocycles. The van der Waals surface area contributed by atoms with E-state index < -0.39 is 16.8 Å². The van der Waals surface area contributed by atoms with E-state index in [0.717, 1.165) is 0 Å². The molecule has 1 N–H and O–H groups in total. The molecule has 2 aromatic carbocycles. The minimum Gasteiger partial charge on any atom is -0.483 e. The molecule has 2 rings (SSSR count). The molecule has 2 aromatic rings. The minimum absolute atomic E-state index is 0.0958. The normalized spacial score (nSPS) is 10.4. The Morgan fingerprint density at radius 3 is 2.56 bits per heavy atom. The number of hydrazone groups is 1. The van der Waals surface area contributed by atoms with Crippen molar-refractivity contribution in [3.05, 3.63) is 68.2 Å². The maximum absolute atomic E-state index is 11.7. The first-order valence-electron chi connectivity index (χ1n) is 7.47. The van der Waals surface area contributed by atoms with Gasteiger partial charge in [-0.3, -0.25) is 14.9 Å². The van der Waals surface area contributed by atoms with Crippen LogP contribution in [0.1, 0.15) is 15.9 Å². The van der Waals surface area contributed by atoms with Crippen LogP contribution in [0.4, 0.5) is 5.69 Å². The van der Waals surface area contributed by atoms with Crippen LogP contribution >= 0.6 is 15.9 Å². The van der Waals surface area contributed by atoms with Gasteiger partial charge in [0.25, 0.3) is 11.6 Å². The summed E-state index contributed by atoms with van der Waals surface area (Å²) in [6.07, 6.45) is 1.40. The van der Waals surface area contributed by atoms with Crippen LogP contribution in [-0.2, 0) is 9.53 Å². The Balaban J connectivity index is 1.85. The average Bonchev–Trinajstić information content (AvgIpc) is 2.66. The molecular weight excluding hydrogens is 422 g/mol. The number of nitro groups is 1. The van der Waals surface area contributed by atoms with E-state index in [4.69, 9.17) is 4.74 Å². The first-order valence-corrected chi connectivity index (χ1v) is 8.27. The van der Waals surface area contributed by atoms with Gasteiger partial charge in [-0.25, -0.2) is 10.2 Å². The molecule has 0 aliphatic carbocycles. The summed E-state index contributed by atoms with van der Waals surface area (Å²) in [5.74, 6) is -0.665. The largest absolute Gasteiger partial charge is 0.483 e.